The number of nitrogens with zero attached hydrogens (tertiary/aromatic N) is 3. The third kappa shape index (κ3) is 6.17. The highest BCUT2D eigenvalue weighted by molar-refractivity contribution is 5.95. The van der Waals surface area contributed by atoms with Gasteiger partial charge in [0.2, 0.25) is 0 Å². The van der Waals surface area contributed by atoms with Crippen molar-refractivity contribution in [3.05, 3.63) is 70.9 Å². The summed E-state index contributed by atoms with van der Waals surface area (Å²) in [7, 11) is 4.90. The highest BCUT2D eigenvalue weighted by Gasteiger charge is 2.78. The third-order valence-electron chi connectivity index (χ3n) is 16.3. The van der Waals surface area contributed by atoms with E-state index in [4.69, 9.17) is 14.2 Å². The first-order chi connectivity index (χ1) is 30.2. The zero-order chi connectivity index (χ0) is 44.7. The van der Waals surface area contributed by atoms with Crippen LogP contribution in [0.1, 0.15) is 88.1 Å². The number of H-pyrrole nitrogens is 1. The number of carbonyl (C=O) groups is 3. The van der Waals surface area contributed by atoms with Crippen LogP contribution in [0.3, 0.4) is 0 Å². The standard InChI is InChI=1S/C49H65N5O9/c1-7-13-38(55)63-23-19-50-43(57)49(60)41-47(18-22-54-20-12-17-46(9-3,40(47)54)42(49)56)33-24-34(37(61-5)25-36(33)52(41)4)48(44(58)62-6)27-30-26-45(59,8-2)29-53(28-30)21-16-32-31-14-10-11-15-35(31)51-39(32)48/h10-12,14-15,17,24-25,30,40-42,51,56,59-60H,7-9,13,16,18-23,26-29H2,1-6H3,(H,50,57)/t30-,40+,41-,42-,45+,46-,47-,48+,49+/m1/s1. The summed E-state index contributed by atoms with van der Waals surface area (Å²) in [6, 6.07) is 10.9. The second-order valence-corrected chi connectivity index (χ2v) is 19.4. The zero-order valence-corrected chi connectivity index (χ0v) is 37.7. The van der Waals surface area contributed by atoms with E-state index in [2.05, 4.69) is 32.2 Å². The number of anilines is 1. The number of aliphatic hydroxyl groups is 3. The van der Waals surface area contributed by atoms with Crippen LogP contribution in [0, 0.1) is 11.3 Å². The molecule has 1 amide bonds. The molecule has 1 saturated carbocycles. The Morgan fingerprint density at radius 2 is 1.79 bits per heavy atom. The number of hydrogen-bond donors (Lipinski definition) is 5. The van der Waals surface area contributed by atoms with Gasteiger partial charge in [-0.05, 0) is 80.7 Å². The molecule has 63 heavy (non-hydrogen) atoms. The number of esters is 2. The van der Waals surface area contributed by atoms with E-state index in [1.165, 1.54) is 7.11 Å². The van der Waals surface area contributed by atoms with E-state index in [-0.39, 0.29) is 37.5 Å². The number of rotatable bonds is 11. The second-order valence-electron chi connectivity index (χ2n) is 19.4. The molecule has 2 bridgehead atoms. The Balaban J connectivity index is 1.27. The average Bonchev–Trinajstić information content (AvgIpc) is 3.95. The fourth-order valence-corrected chi connectivity index (χ4v) is 13.8. The summed E-state index contributed by atoms with van der Waals surface area (Å²) < 4.78 is 17.7. The van der Waals surface area contributed by atoms with Gasteiger partial charge in [0.1, 0.15) is 23.9 Å². The number of hydrogen-bond acceptors (Lipinski definition) is 12. The highest BCUT2D eigenvalue weighted by atomic mass is 16.5. The number of aromatic nitrogens is 1. The molecule has 2 aromatic carbocycles. The number of piperidine rings is 1. The molecule has 2 saturated heterocycles. The van der Waals surface area contributed by atoms with E-state index in [1.807, 2.05) is 69.1 Å². The molecule has 1 aliphatic carbocycles. The molecule has 5 N–H and O–H groups in total. The van der Waals surface area contributed by atoms with Crippen molar-refractivity contribution in [3.8, 4) is 5.75 Å². The molecule has 340 valence electrons. The van der Waals surface area contributed by atoms with Gasteiger partial charge < -0.3 is 44.7 Å². The van der Waals surface area contributed by atoms with Crippen LogP contribution in [-0.2, 0) is 41.1 Å². The number of ether oxygens (including phenoxy) is 3. The van der Waals surface area contributed by atoms with Gasteiger partial charge in [-0.15, -0.1) is 0 Å². The topological polar surface area (TPSA) is 177 Å². The van der Waals surface area contributed by atoms with Crippen LogP contribution in [0.25, 0.3) is 10.9 Å². The van der Waals surface area contributed by atoms with Crippen molar-refractivity contribution in [1.29, 1.82) is 0 Å². The molecule has 14 nitrogen and oxygen atoms in total. The molecule has 3 aromatic rings. The predicted octanol–water partition coefficient (Wildman–Crippen LogP) is 3.71. The first kappa shape index (κ1) is 43.8. The van der Waals surface area contributed by atoms with Crippen LogP contribution in [0.15, 0.2) is 48.6 Å². The third-order valence-corrected chi connectivity index (χ3v) is 16.3. The van der Waals surface area contributed by atoms with Crippen molar-refractivity contribution >= 4 is 34.4 Å². The van der Waals surface area contributed by atoms with Gasteiger partial charge in [0.15, 0.2) is 5.60 Å². The Morgan fingerprint density at radius 3 is 2.52 bits per heavy atom. The first-order valence-electron chi connectivity index (χ1n) is 23.1. The van der Waals surface area contributed by atoms with Gasteiger partial charge in [-0.25, -0.2) is 0 Å². The highest BCUT2D eigenvalue weighted by Crippen LogP contribution is 2.67. The summed E-state index contributed by atoms with van der Waals surface area (Å²) in [5, 5.41) is 42.0. The van der Waals surface area contributed by atoms with Gasteiger partial charge in [0.05, 0.1) is 32.4 Å². The number of nitrogens with one attached hydrogen (secondary N) is 2. The molecule has 3 fully saturated rings. The quantitative estimate of drug-likeness (QED) is 0.108. The summed E-state index contributed by atoms with van der Waals surface area (Å²) in [5.41, 5.74) is -1.77. The van der Waals surface area contributed by atoms with E-state index in [0.29, 0.717) is 89.0 Å². The lowest BCUT2D eigenvalue weighted by molar-refractivity contribution is -0.203. The SMILES string of the molecule is CCCC(=O)OCCNC(=O)[C@@]1(O)[C@H](O)[C@]2(CC)C=CCN3CC[C@@]4(c5cc([C@@]6(C(=O)OC)C[C@@H]7CN(CCc8c6[nH]c6ccccc86)C[C@](O)(CC)C7)c(OC)cc5N(C)[C@@H]14)[C@@H]32. The van der Waals surface area contributed by atoms with Crippen molar-refractivity contribution in [2.45, 2.75) is 112 Å². The van der Waals surface area contributed by atoms with E-state index < -0.39 is 51.5 Å². The fourth-order valence-electron chi connectivity index (χ4n) is 13.8. The van der Waals surface area contributed by atoms with Gasteiger partial charge >= 0.3 is 11.9 Å². The number of para-hydroxylation sites is 1. The summed E-state index contributed by atoms with van der Waals surface area (Å²) in [6.45, 7) is 9.05. The minimum Gasteiger partial charge on any atom is -0.496 e. The normalized spacial score (nSPS) is 35.4. The number of benzene rings is 2. The number of carbonyl (C=O) groups excluding carboxylic acids is 3. The van der Waals surface area contributed by atoms with Crippen molar-refractivity contribution in [3.63, 3.8) is 0 Å². The molecule has 1 aromatic heterocycles. The van der Waals surface area contributed by atoms with Crippen LogP contribution in [-0.4, -0.2) is 144 Å². The molecule has 9 rings (SSSR count). The van der Waals surface area contributed by atoms with Gasteiger partial charge in [-0.1, -0.05) is 51.1 Å². The van der Waals surface area contributed by atoms with Crippen LogP contribution in [0.4, 0.5) is 5.69 Å². The second kappa shape index (κ2) is 15.9. The molecule has 0 radical (unpaired) electrons. The van der Waals surface area contributed by atoms with Crippen LogP contribution in [0.5, 0.6) is 5.75 Å². The molecular formula is C49H65N5O9. The Labute approximate surface area is 369 Å². The van der Waals surface area contributed by atoms with Crippen molar-refractivity contribution in [1.82, 2.24) is 20.1 Å². The number of methoxy groups -OCH3 is 2. The largest absolute Gasteiger partial charge is 0.496 e. The van der Waals surface area contributed by atoms with Gasteiger partial charge in [0.25, 0.3) is 5.91 Å². The smallest absolute Gasteiger partial charge is 0.322 e. The van der Waals surface area contributed by atoms with E-state index >= 15 is 4.79 Å². The van der Waals surface area contributed by atoms with E-state index in [0.717, 1.165) is 33.4 Å². The maximum absolute atomic E-state index is 15.4. The Kier molecular flexibility index (Phi) is 11.0. The summed E-state index contributed by atoms with van der Waals surface area (Å²) in [4.78, 5) is 52.8. The molecule has 5 aliphatic heterocycles. The lowest BCUT2D eigenvalue weighted by Crippen LogP contribution is -2.81. The van der Waals surface area contributed by atoms with E-state index in [9.17, 15) is 24.9 Å². The number of fused-ring (bicyclic) bond motifs is 6. The fraction of sp³-hybridized carbons (Fsp3) is 0.612. The van der Waals surface area contributed by atoms with Crippen molar-refractivity contribution < 1.29 is 43.9 Å². The molecule has 14 heteroatoms. The molecule has 6 heterocycles. The number of aromatic amines is 1. The van der Waals surface area contributed by atoms with Gasteiger partial charge in [0, 0.05) is 90.4 Å². The van der Waals surface area contributed by atoms with Crippen LogP contribution < -0.4 is 15.0 Å². The number of aliphatic hydroxyl groups excluding tert-OH is 1. The Hall–Kier alpha value is -4.47. The Morgan fingerprint density at radius 1 is 1.00 bits per heavy atom. The molecule has 10 atom stereocenters. The van der Waals surface area contributed by atoms with E-state index in [1.54, 1.807) is 7.11 Å². The summed E-state index contributed by atoms with van der Waals surface area (Å²) >= 11 is 0. The minimum absolute atomic E-state index is 0.0393. The maximum atomic E-state index is 15.4. The van der Waals surface area contributed by atoms with Crippen LogP contribution in [0.2, 0.25) is 0 Å². The predicted molar refractivity (Wildman–Crippen MR) is 238 cm³/mol. The minimum atomic E-state index is -2.34. The molecule has 1 unspecified atom stereocenters. The first-order valence-corrected chi connectivity index (χ1v) is 23.1. The number of likely N-dealkylation sites (N-methyl/N-ethyl adjacent to an activating group) is 1. The van der Waals surface area contributed by atoms with Crippen LogP contribution >= 0.6 is 0 Å². The summed E-state index contributed by atoms with van der Waals surface area (Å²) in [6.07, 6.45) is 6.50. The summed E-state index contributed by atoms with van der Waals surface area (Å²) in [5.74, 6) is -1.21. The lowest BCUT2D eigenvalue weighted by atomic mass is 9.47. The van der Waals surface area contributed by atoms with Gasteiger partial charge in [-0.2, -0.15) is 0 Å². The molecular weight excluding hydrogens is 803 g/mol. The number of amides is 1. The molecule has 6 aliphatic rings. The monoisotopic (exact) mass is 867 g/mol. The Bertz CT molecular complexity index is 2330. The van der Waals surface area contributed by atoms with Crippen molar-refractivity contribution in [2.24, 2.45) is 11.3 Å². The lowest BCUT2D eigenvalue weighted by Gasteiger charge is -2.63. The van der Waals surface area contributed by atoms with Gasteiger partial charge in [-0.3, -0.25) is 24.2 Å². The maximum Gasteiger partial charge on any atom is 0.322 e. The average molecular weight is 868 g/mol. The zero-order valence-electron chi connectivity index (χ0n) is 37.7. The molecule has 1 spiro atoms. The van der Waals surface area contributed by atoms with Crippen molar-refractivity contribution in [2.75, 3.05) is 72.0 Å².